The number of rotatable bonds is 5. The van der Waals surface area contributed by atoms with Crippen molar-refractivity contribution in [1.82, 2.24) is 10.2 Å². The summed E-state index contributed by atoms with van der Waals surface area (Å²) in [5.41, 5.74) is 1.16. The predicted molar refractivity (Wildman–Crippen MR) is 105 cm³/mol. The van der Waals surface area contributed by atoms with E-state index in [-0.39, 0.29) is 17.8 Å². The van der Waals surface area contributed by atoms with E-state index in [1.54, 1.807) is 36.3 Å². The maximum atomic E-state index is 12.9. The van der Waals surface area contributed by atoms with E-state index in [2.05, 4.69) is 10.6 Å². The summed E-state index contributed by atoms with van der Waals surface area (Å²) in [6.07, 6.45) is 1.64. The SMILES string of the molecule is COc1ccc(C(=O)NCC2CCN(C(=O)Nc3ccc(F)cc3)CC2)cc1. The van der Waals surface area contributed by atoms with E-state index in [9.17, 15) is 14.0 Å². The summed E-state index contributed by atoms with van der Waals surface area (Å²) in [7, 11) is 1.58. The molecule has 0 spiro atoms. The van der Waals surface area contributed by atoms with Gasteiger partial charge in [0.25, 0.3) is 5.91 Å². The molecule has 0 aromatic heterocycles. The molecular weight excluding hydrogens is 361 g/mol. The van der Waals surface area contributed by atoms with Crippen LogP contribution in [0.3, 0.4) is 0 Å². The number of halogens is 1. The van der Waals surface area contributed by atoms with Crippen LogP contribution in [-0.2, 0) is 0 Å². The largest absolute Gasteiger partial charge is 0.497 e. The Labute approximate surface area is 163 Å². The first-order valence-corrected chi connectivity index (χ1v) is 9.29. The third-order valence-electron chi connectivity index (χ3n) is 4.90. The smallest absolute Gasteiger partial charge is 0.321 e. The first-order chi connectivity index (χ1) is 13.5. The predicted octanol–water partition coefficient (Wildman–Crippen LogP) is 3.51. The van der Waals surface area contributed by atoms with Crippen molar-refractivity contribution in [2.24, 2.45) is 5.92 Å². The van der Waals surface area contributed by atoms with E-state index in [1.807, 2.05) is 0 Å². The molecule has 0 bridgehead atoms. The van der Waals surface area contributed by atoms with E-state index < -0.39 is 0 Å². The van der Waals surface area contributed by atoms with Crippen LogP contribution in [0.15, 0.2) is 48.5 Å². The molecule has 7 heteroatoms. The lowest BCUT2D eigenvalue weighted by molar-refractivity contribution is 0.0938. The fourth-order valence-electron chi connectivity index (χ4n) is 3.16. The van der Waals surface area contributed by atoms with Gasteiger partial charge in [-0.1, -0.05) is 0 Å². The van der Waals surface area contributed by atoms with Crippen LogP contribution < -0.4 is 15.4 Å². The van der Waals surface area contributed by atoms with E-state index in [1.165, 1.54) is 24.3 Å². The summed E-state index contributed by atoms with van der Waals surface area (Å²) >= 11 is 0. The van der Waals surface area contributed by atoms with Crippen molar-refractivity contribution in [2.75, 3.05) is 32.1 Å². The topological polar surface area (TPSA) is 70.7 Å². The van der Waals surface area contributed by atoms with Crippen LogP contribution >= 0.6 is 0 Å². The number of methoxy groups -OCH3 is 1. The van der Waals surface area contributed by atoms with Crippen molar-refractivity contribution < 1.29 is 18.7 Å². The minimum absolute atomic E-state index is 0.112. The summed E-state index contributed by atoms with van der Waals surface area (Å²) < 4.78 is 18.0. The zero-order valence-corrected chi connectivity index (χ0v) is 15.8. The molecule has 0 unspecified atom stereocenters. The number of ether oxygens (including phenoxy) is 1. The molecule has 0 atom stereocenters. The van der Waals surface area contributed by atoms with E-state index in [4.69, 9.17) is 4.74 Å². The van der Waals surface area contributed by atoms with Gasteiger partial charge in [-0.25, -0.2) is 9.18 Å². The third-order valence-corrected chi connectivity index (χ3v) is 4.90. The number of nitrogens with zero attached hydrogens (tertiary/aromatic N) is 1. The van der Waals surface area contributed by atoms with Crippen LogP contribution in [0, 0.1) is 11.7 Å². The molecule has 3 rings (SSSR count). The van der Waals surface area contributed by atoms with Crippen molar-refractivity contribution in [3.05, 3.63) is 59.9 Å². The van der Waals surface area contributed by atoms with Gasteiger partial charge in [-0.3, -0.25) is 4.79 Å². The Kier molecular flexibility index (Phi) is 6.47. The maximum Gasteiger partial charge on any atom is 0.321 e. The molecule has 2 aromatic rings. The minimum Gasteiger partial charge on any atom is -0.497 e. The molecule has 1 aliphatic heterocycles. The van der Waals surface area contributed by atoms with Crippen molar-refractivity contribution >= 4 is 17.6 Å². The Hall–Kier alpha value is -3.09. The first-order valence-electron chi connectivity index (χ1n) is 9.29. The Morgan fingerprint density at radius 1 is 1.07 bits per heavy atom. The van der Waals surface area contributed by atoms with E-state index in [0.29, 0.717) is 42.6 Å². The Bertz CT molecular complexity index is 801. The molecule has 148 valence electrons. The van der Waals surface area contributed by atoms with Crippen LogP contribution in [0.2, 0.25) is 0 Å². The Morgan fingerprint density at radius 3 is 2.32 bits per heavy atom. The van der Waals surface area contributed by atoms with Gasteiger partial charge in [0.05, 0.1) is 7.11 Å². The number of hydrogen-bond acceptors (Lipinski definition) is 3. The molecular formula is C21H24FN3O3. The number of piperidine rings is 1. The molecule has 1 aliphatic rings. The minimum atomic E-state index is -0.337. The highest BCUT2D eigenvalue weighted by Crippen LogP contribution is 2.18. The fourth-order valence-corrected chi connectivity index (χ4v) is 3.16. The average Bonchev–Trinajstić information content (AvgIpc) is 2.74. The normalized spacial score (nSPS) is 14.4. The molecule has 1 heterocycles. The van der Waals surface area contributed by atoms with Gasteiger partial charge in [0.2, 0.25) is 0 Å². The number of urea groups is 1. The number of hydrogen-bond donors (Lipinski definition) is 2. The molecule has 2 aromatic carbocycles. The van der Waals surface area contributed by atoms with Crippen LogP contribution in [0.25, 0.3) is 0 Å². The Morgan fingerprint density at radius 2 is 1.71 bits per heavy atom. The number of carbonyl (C=O) groups is 2. The monoisotopic (exact) mass is 385 g/mol. The quantitative estimate of drug-likeness (QED) is 0.828. The highest BCUT2D eigenvalue weighted by atomic mass is 19.1. The molecule has 1 fully saturated rings. The number of nitrogens with one attached hydrogen (secondary N) is 2. The number of carbonyl (C=O) groups excluding carboxylic acids is 2. The lowest BCUT2D eigenvalue weighted by Crippen LogP contribution is -2.43. The molecule has 6 nitrogen and oxygen atoms in total. The summed E-state index contributed by atoms with van der Waals surface area (Å²) in [6, 6.07) is 12.5. The van der Waals surface area contributed by atoms with Crippen molar-refractivity contribution in [1.29, 1.82) is 0 Å². The first kappa shape index (κ1) is 19.7. The maximum absolute atomic E-state index is 12.9. The third kappa shape index (κ3) is 5.22. The van der Waals surface area contributed by atoms with Crippen LogP contribution in [0.5, 0.6) is 5.75 Å². The lowest BCUT2D eigenvalue weighted by Gasteiger charge is -2.32. The summed E-state index contributed by atoms with van der Waals surface area (Å²) in [4.78, 5) is 26.3. The van der Waals surface area contributed by atoms with Crippen LogP contribution in [0.4, 0.5) is 14.9 Å². The van der Waals surface area contributed by atoms with Gasteiger partial charge >= 0.3 is 6.03 Å². The highest BCUT2D eigenvalue weighted by molar-refractivity contribution is 5.94. The average molecular weight is 385 g/mol. The molecule has 28 heavy (non-hydrogen) atoms. The highest BCUT2D eigenvalue weighted by Gasteiger charge is 2.23. The van der Waals surface area contributed by atoms with Gasteiger partial charge in [-0.15, -0.1) is 0 Å². The summed E-state index contributed by atoms with van der Waals surface area (Å²) in [5.74, 6) is 0.592. The van der Waals surface area contributed by atoms with Gasteiger partial charge in [0, 0.05) is 30.9 Å². The standard InChI is InChI=1S/C21H24FN3O3/c1-28-19-8-2-16(3-9-19)20(26)23-14-15-10-12-25(13-11-15)21(27)24-18-6-4-17(22)5-7-18/h2-9,15H,10-14H2,1H3,(H,23,26)(H,24,27). The number of amides is 3. The van der Waals surface area contributed by atoms with Gasteiger partial charge in [-0.2, -0.15) is 0 Å². The van der Waals surface area contributed by atoms with Crippen molar-refractivity contribution in [3.63, 3.8) is 0 Å². The zero-order valence-electron chi connectivity index (χ0n) is 15.8. The van der Waals surface area contributed by atoms with Gasteiger partial charge < -0.3 is 20.3 Å². The lowest BCUT2D eigenvalue weighted by atomic mass is 9.97. The van der Waals surface area contributed by atoms with Crippen molar-refractivity contribution in [3.8, 4) is 5.75 Å². The van der Waals surface area contributed by atoms with E-state index >= 15 is 0 Å². The van der Waals surface area contributed by atoms with Gasteiger partial charge in [0.1, 0.15) is 11.6 Å². The second-order valence-corrected chi connectivity index (χ2v) is 6.81. The zero-order chi connectivity index (χ0) is 19.9. The number of likely N-dealkylation sites (tertiary alicyclic amines) is 1. The number of anilines is 1. The number of benzene rings is 2. The Balaban J connectivity index is 1.41. The van der Waals surface area contributed by atoms with E-state index in [0.717, 1.165) is 12.8 Å². The fraction of sp³-hybridized carbons (Fsp3) is 0.333. The molecule has 1 saturated heterocycles. The van der Waals surface area contributed by atoms with Crippen LogP contribution in [0.1, 0.15) is 23.2 Å². The van der Waals surface area contributed by atoms with Crippen molar-refractivity contribution in [2.45, 2.75) is 12.8 Å². The van der Waals surface area contributed by atoms with Gasteiger partial charge in [-0.05, 0) is 67.3 Å². The molecule has 3 amide bonds. The molecule has 0 aliphatic carbocycles. The molecule has 0 saturated carbocycles. The summed E-state index contributed by atoms with van der Waals surface area (Å²) in [5, 5.41) is 5.74. The molecule has 0 radical (unpaired) electrons. The van der Waals surface area contributed by atoms with Crippen LogP contribution in [-0.4, -0.2) is 43.6 Å². The summed E-state index contributed by atoms with van der Waals surface area (Å²) in [6.45, 7) is 1.82. The second-order valence-electron chi connectivity index (χ2n) is 6.81. The van der Waals surface area contributed by atoms with Gasteiger partial charge in [0.15, 0.2) is 0 Å². The molecule has 2 N–H and O–H groups in total. The second kappa shape index (κ2) is 9.21.